The number of ether oxygens (including phenoxy) is 2. The molecule has 0 fully saturated rings. The zero-order valence-electron chi connectivity index (χ0n) is 11.6. The lowest BCUT2D eigenvalue weighted by Gasteiger charge is -2.13. The Kier molecular flexibility index (Phi) is 8.41. The van der Waals surface area contributed by atoms with Crippen LogP contribution in [0.15, 0.2) is 0 Å². The third-order valence-corrected chi connectivity index (χ3v) is 2.39. The van der Waals surface area contributed by atoms with E-state index in [1.165, 1.54) is 6.92 Å². The van der Waals surface area contributed by atoms with Gasteiger partial charge in [-0.25, -0.2) is 4.79 Å². The topological polar surface area (TPSA) is 86.7 Å². The second-order valence-electron chi connectivity index (χ2n) is 3.98. The predicted octanol–water partition coefficient (Wildman–Crippen LogP) is 1.06. The van der Waals surface area contributed by atoms with Crippen LogP contribution in [0.2, 0.25) is 0 Å². The predicted molar refractivity (Wildman–Crippen MR) is 66.3 cm³/mol. The van der Waals surface area contributed by atoms with Gasteiger partial charge in [0.05, 0.1) is 13.2 Å². The van der Waals surface area contributed by atoms with E-state index in [9.17, 15) is 19.2 Å². The van der Waals surface area contributed by atoms with Gasteiger partial charge in [-0.15, -0.1) is 0 Å². The first-order chi connectivity index (χ1) is 8.93. The van der Waals surface area contributed by atoms with Crippen LogP contribution >= 0.6 is 0 Å². The van der Waals surface area contributed by atoms with E-state index in [0.717, 1.165) is 0 Å². The van der Waals surface area contributed by atoms with Gasteiger partial charge in [-0.2, -0.15) is 0 Å². The Morgan fingerprint density at radius 3 is 2.05 bits per heavy atom. The van der Waals surface area contributed by atoms with Crippen molar-refractivity contribution in [3.8, 4) is 0 Å². The van der Waals surface area contributed by atoms with Gasteiger partial charge < -0.3 is 14.3 Å². The maximum atomic E-state index is 11.8. The summed E-state index contributed by atoms with van der Waals surface area (Å²) in [5.41, 5.74) is 0. The minimum atomic E-state index is -1.18. The molecule has 0 saturated heterocycles. The van der Waals surface area contributed by atoms with Gasteiger partial charge in [0.25, 0.3) is 5.78 Å². The zero-order valence-corrected chi connectivity index (χ0v) is 11.6. The Labute approximate surface area is 112 Å². The van der Waals surface area contributed by atoms with Crippen molar-refractivity contribution in [2.45, 2.75) is 40.0 Å². The summed E-state index contributed by atoms with van der Waals surface area (Å²) in [6.07, 6.45) is 0.714. The Balaban J connectivity index is 4.65. The molecule has 6 nitrogen and oxygen atoms in total. The van der Waals surface area contributed by atoms with Gasteiger partial charge in [-0.3, -0.25) is 9.59 Å². The van der Waals surface area contributed by atoms with Crippen molar-refractivity contribution in [3.05, 3.63) is 0 Å². The standard InChI is InChI=1S/C13H20O6/c1-4-18-12(16)10(8-6-7-9(3)14)11(15)13(17)19-5-2/h10H,4-8H2,1-3H3. The third-order valence-electron chi connectivity index (χ3n) is 2.39. The molecule has 0 aromatic carbocycles. The molecular formula is C13H20O6. The highest BCUT2D eigenvalue weighted by molar-refractivity contribution is 6.37. The highest BCUT2D eigenvalue weighted by Gasteiger charge is 2.33. The lowest BCUT2D eigenvalue weighted by Crippen LogP contribution is -2.33. The molecule has 0 saturated carbocycles. The van der Waals surface area contributed by atoms with Crippen molar-refractivity contribution in [2.24, 2.45) is 5.92 Å². The summed E-state index contributed by atoms with van der Waals surface area (Å²) in [6.45, 7) is 4.79. The molecule has 0 spiro atoms. The average Bonchev–Trinajstić information content (AvgIpc) is 2.34. The molecule has 1 unspecified atom stereocenters. The summed E-state index contributed by atoms with van der Waals surface area (Å²) in [5, 5.41) is 0. The van der Waals surface area contributed by atoms with E-state index >= 15 is 0 Å². The molecule has 0 rings (SSSR count). The largest absolute Gasteiger partial charge is 0.465 e. The number of carbonyl (C=O) groups is 4. The smallest absolute Gasteiger partial charge is 0.375 e. The van der Waals surface area contributed by atoms with Crippen LogP contribution in [0.1, 0.15) is 40.0 Å². The monoisotopic (exact) mass is 272 g/mol. The molecule has 0 radical (unpaired) electrons. The molecule has 0 N–H and O–H groups in total. The van der Waals surface area contributed by atoms with Crippen LogP contribution in [0, 0.1) is 5.92 Å². The third kappa shape index (κ3) is 6.69. The molecule has 0 aromatic heterocycles. The summed E-state index contributed by atoms with van der Waals surface area (Å²) in [4.78, 5) is 45.6. The molecule has 0 aromatic rings. The lowest BCUT2D eigenvalue weighted by atomic mass is 9.96. The molecule has 0 amide bonds. The van der Waals surface area contributed by atoms with Crippen molar-refractivity contribution in [2.75, 3.05) is 13.2 Å². The fourth-order valence-electron chi connectivity index (χ4n) is 1.50. The van der Waals surface area contributed by atoms with Crippen LogP contribution in [-0.4, -0.2) is 36.7 Å². The molecule has 0 heterocycles. The van der Waals surface area contributed by atoms with Crippen LogP contribution < -0.4 is 0 Å². The fraction of sp³-hybridized carbons (Fsp3) is 0.692. The minimum Gasteiger partial charge on any atom is -0.465 e. The van der Waals surface area contributed by atoms with Crippen LogP contribution in [0.4, 0.5) is 0 Å². The molecule has 1 atom stereocenters. The molecule has 6 heteroatoms. The van der Waals surface area contributed by atoms with Crippen LogP contribution in [0.25, 0.3) is 0 Å². The average molecular weight is 272 g/mol. The van der Waals surface area contributed by atoms with Gasteiger partial charge in [0, 0.05) is 6.42 Å². The van der Waals surface area contributed by atoms with Gasteiger partial charge in [-0.05, 0) is 33.6 Å². The van der Waals surface area contributed by atoms with Gasteiger partial charge in [-0.1, -0.05) is 0 Å². The molecule has 108 valence electrons. The number of carbonyl (C=O) groups excluding carboxylic acids is 4. The van der Waals surface area contributed by atoms with Crippen LogP contribution in [0.5, 0.6) is 0 Å². The number of esters is 2. The number of hydrogen-bond donors (Lipinski definition) is 0. The van der Waals surface area contributed by atoms with Crippen molar-refractivity contribution in [1.29, 1.82) is 0 Å². The van der Waals surface area contributed by atoms with Crippen LogP contribution in [0.3, 0.4) is 0 Å². The Hall–Kier alpha value is -1.72. The lowest BCUT2D eigenvalue weighted by molar-refractivity contribution is -0.162. The molecule has 0 bridgehead atoms. The van der Waals surface area contributed by atoms with Gasteiger partial charge >= 0.3 is 11.9 Å². The number of ketones is 2. The Morgan fingerprint density at radius 2 is 1.58 bits per heavy atom. The first-order valence-corrected chi connectivity index (χ1v) is 6.31. The van der Waals surface area contributed by atoms with Crippen molar-refractivity contribution in [1.82, 2.24) is 0 Å². The summed E-state index contributed by atoms with van der Waals surface area (Å²) in [7, 11) is 0. The Bertz CT molecular complexity index is 347. The first kappa shape index (κ1) is 17.3. The van der Waals surface area contributed by atoms with E-state index in [1.807, 2.05) is 0 Å². The van der Waals surface area contributed by atoms with E-state index < -0.39 is 23.6 Å². The SMILES string of the molecule is CCOC(=O)C(=O)C(CCCC(C)=O)C(=O)OCC. The molecule has 0 aliphatic carbocycles. The fourth-order valence-corrected chi connectivity index (χ4v) is 1.50. The quantitative estimate of drug-likeness (QED) is 0.354. The summed E-state index contributed by atoms with van der Waals surface area (Å²) < 4.78 is 9.34. The van der Waals surface area contributed by atoms with E-state index in [0.29, 0.717) is 6.42 Å². The maximum absolute atomic E-state index is 11.8. The van der Waals surface area contributed by atoms with Crippen molar-refractivity contribution in [3.63, 3.8) is 0 Å². The molecule has 0 aliphatic rings. The maximum Gasteiger partial charge on any atom is 0.375 e. The second-order valence-corrected chi connectivity index (χ2v) is 3.98. The van der Waals surface area contributed by atoms with E-state index in [1.54, 1.807) is 13.8 Å². The Morgan fingerprint density at radius 1 is 1.00 bits per heavy atom. The van der Waals surface area contributed by atoms with Gasteiger partial charge in [0.1, 0.15) is 11.7 Å². The van der Waals surface area contributed by atoms with E-state index in [-0.39, 0.29) is 31.8 Å². The number of Topliss-reactive ketones (excluding diaryl/α,β-unsaturated/α-hetero) is 2. The summed E-state index contributed by atoms with van der Waals surface area (Å²) in [6, 6.07) is 0. The van der Waals surface area contributed by atoms with Crippen molar-refractivity contribution >= 4 is 23.5 Å². The molecule has 0 aliphatic heterocycles. The highest BCUT2D eigenvalue weighted by atomic mass is 16.5. The number of rotatable bonds is 9. The highest BCUT2D eigenvalue weighted by Crippen LogP contribution is 2.13. The van der Waals surface area contributed by atoms with E-state index in [4.69, 9.17) is 4.74 Å². The first-order valence-electron chi connectivity index (χ1n) is 6.31. The van der Waals surface area contributed by atoms with Gasteiger partial charge in [0.15, 0.2) is 0 Å². The number of hydrogen-bond acceptors (Lipinski definition) is 6. The second kappa shape index (κ2) is 9.24. The van der Waals surface area contributed by atoms with Crippen molar-refractivity contribution < 1.29 is 28.7 Å². The zero-order chi connectivity index (χ0) is 14.8. The molecule has 19 heavy (non-hydrogen) atoms. The van der Waals surface area contributed by atoms with Crippen LogP contribution in [-0.2, 0) is 28.7 Å². The minimum absolute atomic E-state index is 0.0359. The normalized spacial score (nSPS) is 11.5. The van der Waals surface area contributed by atoms with E-state index in [2.05, 4.69) is 4.74 Å². The summed E-state index contributed by atoms with van der Waals surface area (Å²) >= 11 is 0. The van der Waals surface area contributed by atoms with Gasteiger partial charge in [0.2, 0.25) is 0 Å². The summed E-state index contributed by atoms with van der Waals surface area (Å²) in [5.74, 6) is -3.92. The molecular weight excluding hydrogens is 252 g/mol.